The first kappa shape index (κ1) is 18.9. The molecule has 118 valence electrons. The highest BCUT2D eigenvalue weighted by Crippen LogP contribution is 2.20. The second kappa shape index (κ2) is 10.6. The maximum absolute atomic E-state index is 11.4. The molecule has 0 aliphatic rings. The van der Waals surface area contributed by atoms with E-state index in [0.29, 0.717) is 13.0 Å². The Balaban J connectivity index is 3.71. The SMILES string of the molecule is C=C(C)COOCCNC(=O)OCC(CC)(CO)CO. The van der Waals surface area contributed by atoms with Crippen LogP contribution in [0, 0.1) is 5.41 Å². The summed E-state index contributed by atoms with van der Waals surface area (Å²) in [6.45, 7) is 7.43. The number of aliphatic hydroxyl groups is 2. The minimum atomic E-state index is -0.793. The largest absolute Gasteiger partial charge is 0.449 e. The van der Waals surface area contributed by atoms with E-state index in [1.54, 1.807) is 13.8 Å². The minimum absolute atomic E-state index is 0.0463. The van der Waals surface area contributed by atoms with Crippen LogP contribution < -0.4 is 5.32 Å². The summed E-state index contributed by atoms with van der Waals surface area (Å²) in [6.07, 6.45) is -0.126. The number of hydrogen-bond donors (Lipinski definition) is 3. The lowest BCUT2D eigenvalue weighted by molar-refractivity contribution is -0.286. The minimum Gasteiger partial charge on any atom is -0.449 e. The van der Waals surface area contributed by atoms with Gasteiger partial charge in [-0.05, 0) is 13.3 Å². The number of carbonyl (C=O) groups is 1. The van der Waals surface area contributed by atoms with Crippen LogP contribution in [0.2, 0.25) is 0 Å². The normalized spacial score (nSPS) is 11.2. The predicted molar refractivity (Wildman–Crippen MR) is 73.0 cm³/mol. The quantitative estimate of drug-likeness (QED) is 0.223. The molecule has 7 nitrogen and oxygen atoms in total. The van der Waals surface area contributed by atoms with Gasteiger partial charge in [-0.15, -0.1) is 0 Å². The molecule has 0 heterocycles. The summed E-state index contributed by atoms with van der Waals surface area (Å²) in [5.41, 5.74) is 0.0413. The molecule has 0 bridgehead atoms. The third kappa shape index (κ3) is 8.11. The molecule has 0 aliphatic heterocycles. The zero-order valence-corrected chi connectivity index (χ0v) is 12.2. The van der Waals surface area contributed by atoms with Crippen LogP contribution in [0.1, 0.15) is 20.3 Å². The summed E-state index contributed by atoms with van der Waals surface area (Å²) in [7, 11) is 0. The van der Waals surface area contributed by atoms with Gasteiger partial charge < -0.3 is 20.3 Å². The molecule has 0 rings (SSSR count). The van der Waals surface area contributed by atoms with E-state index < -0.39 is 11.5 Å². The summed E-state index contributed by atoms with van der Waals surface area (Å²) < 4.78 is 4.94. The number of carbonyl (C=O) groups excluding carboxylic acids is 1. The van der Waals surface area contributed by atoms with Gasteiger partial charge in [0.2, 0.25) is 0 Å². The first-order valence-corrected chi connectivity index (χ1v) is 6.51. The van der Waals surface area contributed by atoms with Gasteiger partial charge in [0.1, 0.15) is 13.2 Å². The van der Waals surface area contributed by atoms with Gasteiger partial charge in [0, 0.05) is 6.54 Å². The van der Waals surface area contributed by atoms with Gasteiger partial charge in [-0.1, -0.05) is 19.1 Å². The molecular formula is C13H25NO6. The molecule has 0 aliphatic carbocycles. The molecular weight excluding hydrogens is 266 g/mol. The number of nitrogens with one attached hydrogen (secondary N) is 1. The fraction of sp³-hybridized carbons (Fsp3) is 0.769. The van der Waals surface area contributed by atoms with Gasteiger partial charge in [0.05, 0.1) is 25.2 Å². The molecule has 0 aromatic rings. The Morgan fingerprint density at radius 3 is 2.45 bits per heavy atom. The van der Waals surface area contributed by atoms with Crippen LogP contribution in [0.15, 0.2) is 12.2 Å². The number of ether oxygens (including phenoxy) is 1. The molecule has 20 heavy (non-hydrogen) atoms. The van der Waals surface area contributed by atoms with Crippen molar-refractivity contribution in [3.8, 4) is 0 Å². The molecule has 1 amide bonds. The van der Waals surface area contributed by atoms with E-state index in [2.05, 4.69) is 11.9 Å². The lowest BCUT2D eigenvalue weighted by Crippen LogP contribution is -2.38. The lowest BCUT2D eigenvalue weighted by Gasteiger charge is -2.27. The zero-order chi connectivity index (χ0) is 15.4. The van der Waals surface area contributed by atoms with Crippen LogP contribution in [0.25, 0.3) is 0 Å². The van der Waals surface area contributed by atoms with Crippen molar-refractivity contribution >= 4 is 6.09 Å². The van der Waals surface area contributed by atoms with Crippen molar-refractivity contribution in [3.05, 3.63) is 12.2 Å². The smallest absolute Gasteiger partial charge is 0.407 e. The zero-order valence-electron chi connectivity index (χ0n) is 12.2. The van der Waals surface area contributed by atoms with Crippen molar-refractivity contribution < 1.29 is 29.5 Å². The Labute approximate surface area is 119 Å². The summed E-state index contributed by atoms with van der Waals surface area (Å²) in [5, 5.41) is 20.8. The highest BCUT2D eigenvalue weighted by molar-refractivity contribution is 5.67. The van der Waals surface area contributed by atoms with E-state index in [-0.39, 0.29) is 33.0 Å². The molecule has 0 atom stereocenters. The highest BCUT2D eigenvalue weighted by atomic mass is 17.2. The number of aliphatic hydroxyl groups excluding tert-OH is 2. The Morgan fingerprint density at radius 2 is 1.95 bits per heavy atom. The molecule has 0 aromatic carbocycles. The molecule has 7 heteroatoms. The van der Waals surface area contributed by atoms with Gasteiger partial charge in [-0.2, -0.15) is 0 Å². The maximum Gasteiger partial charge on any atom is 0.407 e. The lowest BCUT2D eigenvalue weighted by atomic mass is 9.88. The van der Waals surface area contributed by atoms with Crippen molar-refractivity contribution in [2.75, 3.05) is 39.6 Å². The molecule has 0 unspecified atom stereocenters. The van der Waals surface area contributed by atoms with Gasteiger partial charge in [0.15, 0.2) is 0 Å². The van der Waals surface area contributed by atoms with Gasteiger partial charge in [-0.25, -0.2) is 14.6 Å². The molecule has 0 saturated heterocycles. The Bertz CT molecular complexity index is 282. The van der Waals surface area contributed by atoms with Crippen molar-refractivity contribution in [2.45, 2.75) is 20.3 Å². The predicted octanol–water partition coefficient (Wildman–Crippen LogP) is 0.618. The third-order valence-electron chi connectivity index (χ3n) is 2.77. The van der Waals surface area contributed by atoms with E-state index in [4.69, 9.17) is 14.5 Å². The fourth-order valence-electron chi connectivity index (χ4n) is 1.13. The highest BCUT2D eigenvalue weighted by Gasteiger charge is 2.28. The van der Waals surface area contributed by atoms with Gasteiger partial charge in [-0.3, -0.25) is 0 Å². The van der Waals surface area contributed by atoms with Crippen molar-refractivity contribution in [1.82, 2.24) is 5.32 Å². The molecule has 0 fully saturated rings. The molecule has 3 N–H and O–H groups in total. The Kier molecular flexibility index (Phi) is 10.0. The van der Waals surface area contributed by atoms with Crippen LogP contribution in [-0.4, -0.2) is 55.9 Å². The van der Waals surface area contributed by atoms with E-state index in [1.165, 1.54) is 0 Å². The van der Waals surface area contributed by atoms with Crippen molar-refractivity contribution in [2.24, 2.45) is 5.41 Å². The Hall–Kier alpha value is -1.15. The average molecular weight is 291 g/mol. The standard InChI is InChI=1S/C13H25NO6/c1-4-13(8-15,9-16)10-18-12(17)14-5-6-19-20-7-11(2)3/h15-16H,2,4-10H2,1,3H3,(H,14,17). The van der Waals surface area contributed by atoms with Crippen LogP contribution in [0.3, 0.4) is 0 Å². The fourth-order valence-corrected chi connectivity index (χ4v) is 1.13. The van der Waals surface area contributed by atoms with Crippen molar-refractivity contribution in [3.63, 3.8) is 0 Å². The maximum atomic E-state index is 11.4. The third-order valence-corrected chi connectivity index (χ3v) is 2.77. The van der Waals surface area contributed by atoms with Crippen LogP contribution >= 0.6 is 0 Å². The van der Waals surface area contributed by atoms with Crippen molar-refractivity contribution in [1.29, 1.82) is 0 Å². The second-order valence-corrected chi connectivity index (χ2v) is 4.71. The molecule has 0 radical (unpaired) electrons. The van der Waals surface area contributed by atoms with Gasteiger partial charge >= 0.3 is 6.09 Å². The monoisotopic (exact) mass is 291 g/mol. The molecule has 0 saturated carbocycles. The number of amides is 1. The number of hydrogen-bond acceptors (Lipinski definition) is 6. The van der Waals surface area contributed by atoms with Crippen LogP contribution in [-0.2, 0) is 14.5 Å². The Morgan fingerprint density at radius 1 is 1.30 bits per heavy atom. The van der Waals surface area contributed by atoms with E-state index in [1.807, 2.05) is 0 Å². The molecule has 0 aromatic heterocycles. The van der Waals surface area contributed by atoms with E-state index in [0.717, 1.165) is 5.57 Å². The summed E-state index contributed by atoms with van der Waals surface area (Å²) in [5.74, 6) is 0. The van der Waals surface area contributed by atoms with Crippen LogP contribution in [0.5, 0.6) is 0 Å². The molecule has 0 spiro atoms. The summed E-state index contributed by atoms with van der Waals surface area (Å²) in [6, 6.07) is 0. The summed E-state index contributed by atoms with van der Waals surface area (Å²) >= 11 is 0. The van der Waals surface area contributed by atoms with Crippen LogP contribution in [0.4, 0.5) is 4.79 Å². The second-order valence-electron chi connectivity index (χ2n) is 4.71. The van der Waals surface area contributed by atoms with E-state index in [9.17, 15) is 15.0 Å². The van der Waals surface area contributed by atoms with E-state index >= 15 is 0 Å². The number of rotatable bonds is 11. The summed E-state index contributed by atoms with van der Waals surface area (Å²) in [4.78, 5) is 20.9. The average Bonchev–Trinajstić information content (AvgIpc) is 2.44. The number of alkyl carbamates (subject to hydrolysis) is 1. The topological polar surface area (TPSA) is 97.3 Å². The first-order valence-electron chi connectivity index (χ1n) is 6.51. The first-order chi connectivity index (χ1) is 9.49. The van der Waals surface area contributed by atoms with Gasteiger partial charge in [0.25, 0.3) is 0 Å².